The third-order valence-corrected chi connectivity index (χ3v) is 6.25. The number of rotatable bonds is 5. The quantitative estimate of drug-likeness (QED) is 0.477. The molecule has 0 fully saturated rings. The number of thioether (sulfide) groups is 1. The van der Waals surface area contributed by atoms with E-state index in [0.717, 1.165) is 46.3 Å². The Morgan fingerprint density at radius 2 is 1.97 bits per heavy atom. The van der Waals surface area contributed by atoms with Crippen LogP contribution in [0.1, 0.15) is 48.3 Å². The summed E-state index contributed by atoms with van der Waals surface area (Å²) in [6, 6.07) is 18.6. The molecule has 0 radical (unpaired) electrons. The van der Waals surface area contributed by atoms with Gasteiger partial charge in [-0.15, -0.1) is 11.8 Å². The lowest BCUT2D eigenvalue weighted by Crippen LogP contribution is -2.33. The molecule has 2 atom stereocenters. The largest absolute Gasteiger partial charge is 0.490 e. The number of hydrogen-bond acceptors (Lipinski definition) is 6. The lowest BCUT2D eigenvalue weighted by atomic mass is 9.97. The first kappa shape index (κ1) is 19.1. The van der Waals surface area contributed by atoms with Crippen molar-refractivity contribution in [3.05, 3.63) is 77.2 Å². The van der Waals surface area contributed by atoms with Crippen LogP contribution in [0, 0.1) is 6.92 Å². The highest BCUT2D eigenvalue weighted by atomic mass is 32.2. The van der Waals surface area contributed by atoms with Crippen molar-refractivity contribution in [2.75, 3.05) is 12.9 Å². The third-order valence-electron chi connectivity index (χ3n) is 5.51. The lowest BCUT2D eigenvalue weighted by Gasteiger charge is -2.38. The SMILES string of the molecule is CCOc1cccc2c1O[C@H](c1ccc(SC)cc1)N1N=C(c3ccc(C)o3)C[C@H]21. The van der Waals surface area contributed by atoms with Gasteiger partial charge in [-0.2, -0.15) is 5.10 Å². The molecule has 3 aromatic rings. The summed E-state index contributed by atoms with van der Waals surface area (Å²) in [6.07, 6.45) is 2.52. The molecule has 5 rings (SSSR count). The first-order chi connectivity index (χ1) is 14.7. The Labute approximate surface area is 180 Å². The fourth-order valence-electron chi connectivity index (χ4n) is 4.08. The molecular formula is C24H24N2O3S. The smallest absolute Gasteiger partial charge is 0.214 e. The first-order valence-electron chi connectivity index (χ1n) is 10.2. The van der Waals surface area contributed by atoms with Gasteiger partial charge < -0.3 is 13.9 Å². The van der Waals surface area contributed by atoms with E-state index in [0.29, 0.717) is 6.61 Å². The molecule has 0 aliphatic carbocycles. The van der Waals surface area contributed by atoms with Crippen LogP contribution >= 0.6 is 11.8 Å². The molecule has 0 N–H and O–H groups in total. The van der Waals surface area contributed by atoms with Gasteiger partial charge >= 0.3 is 0 Å². The monoisotopic (exact) mass is 420 g/mol. The number of furan rings is 1. The second-order valence-corrected chi connectivity index (χ2v) is 8.29. The second-order valence-electron chi connectivity index (χ2n) is 7.41. The molecule has 0 amide bonds. The van der Waals surface area contributed by atoms with Crippen molar-refractivity contribution >= 4 is 17.5 Å². The van der Waals surface area contributed by atoms with Crippen molar-refractivity contribution < 1.29 is 13.9 Å². The summed E-state index contributed by atoms with van der Waals surface area (Å²) in [5.74, 6) is 3.30. The third kappa shape index (κ3) is 3.25. The van der Waals surface area contributed by atoms with E-state index in [1.165, 1.54) is 4.90 Å². The average molecular weight is 421 g/mol. The number of fused-ring (bicyclic) bond motifs is 3. The van der Waals surface area contributed by atoms with Gasteiger partial charge in [-0.25, -0.2) is 5.01 Å². The summed E-state index contributed by atoms with van der Waals surface area (Å²) in [5.41, 5.74) is 3.10. The lowest BCUT2D eigenvalue weighted by molar-refractivity contribution is -0.0212. The summed E-state index contributed by atoms with van der Waals surface area (Å²) in [7, 11) is 0. The van der Waals surface area contributed by atoms with E-state index in [1.54, 1.807) is 11.8 Å². The van der Waals surface area contributed by atoms with E-state index >= 15 is 0 Å². The van der Waals surface area contributed by atoms with Gasteiger partial charge in [-0.05, 0) is 50.4 Å². The Balaban J connectivity index is 1.59. The summed E-state index contributed by atoms with van der Waals surface area (Å²) < 4.78 is 18.3. The molecule has 3 heterocycles. The fraction of sp³-hybridized carbons (Fsp3) is 0.292. The zero-order valence-electron chi connectivity index (χ0n) is 17.3. The van der Waals surface area contributed by atoms with E-state index < -0.39 is 0 Å². The molecule has 2 aliphatic heterocycles. The number of ether oxygens (including phenoxy) is 2. The van der Waals surface area contributed by atoms with Crippen molar-refractivity contribution in [3.8, 4) is 11.5 Å². The molecule has 2 aliphatic rings. The van der Waals surface area contributed by atoms with E-state index in [2.05, 4.69) is 41.6 Å². The highest BCUT2D eigenvalue weighted by molar-refractivity contribution is 7.98. The van der Waals surface area contributed by atoms with E-state index in [4.69, 9.17) is 19.0 Å². The number of para-hydroxylation sites is 1. The Hall–Kier alpha value is -2.86. The van der Waals surface area contributed by atoms with Gasteiger partial charge in [0.25, 0.3) is 0 Å². The summed E-state index contributed by atoms with van der Waals surface area (Å²) >= 11 is 1.73. The van der Waals surface area contributed by atoms with Crippen molar-refractivity contribution in [2.24, 2.45) is 5.10 Å². The van der Waals surface area contributed by atoms with E-state index in [-0.39, 0.29) is 12.3 Å². The minimum Gasteiger partial charge on any atom is -0.490 e. The number of nitrogens with zero attached hydrogens (tertiary/aromatic N) is 2. The molecule has 1 aromatic heterocycles. The second kappa shape index (κ2) is 7.76. The van der Waals surface area contributed by atoms with Crippen LogP contribution in [0.15, 0.2) is 69.0 Å². The average Bonchev–Trinajstić information content (AvgIpc) is 3.40. The van der Waals surface area contributed by atoms with Gasteiger partial charge in [-0.3, -0.25) is 0 Å². The van der Waals surface area contributed by atoms with Crippen LogP contribution in [-0.2, 0) is 0 Å². The molecule has 154 valence electrons. The highest BCUT2D eigenvalue weighted by Crippen LogP contribution is 2.50. The molecule has 5 nitrogen and oxygen atoms in total. The minimum atomic E-state index is -0.325. The van der Waals surface area contributed by atoms with Gasteiger partial charge in [0.15, 0.2) is 11.5 Å². The predicted molar refractivity (Wildman–Crippen MR) is 118 cm³/mol. The molecule has 0 spiro atoms. The Morgan fingerprint density at radius 1 is 1.13 bits per heavy atom. The van der Waals surface area contributed by atoms with E-state index in [1.807, 2.05) is 38.1 Å². The van der Waals surface area contributed by atoms with Crippen LogP contribution in [0.5, 0.6) is 11.5 Å². The number of benzene rings is 2. The number of aryl methyl sites for hydroxylation is 1. The maximum Gasteiger partial charge on any atom is 0.214 e. The van der Waals surface area contributed by atoms with Gasteiger partial charge in [0.1, 0.15) is 17.2 Å². The predicted octanol–water partition coefficient (Wildman–Crippen LogP) is 5.95. The van der Waals surface area contributed by atoms with Gasteiger partial charge in [-0.1, -0.05) is 24.3 Å². The van der Waals surface area contributed by atoms with Crippen molar-refractivity contribution in [3.63, 3.8) is 0 Å². The van der Waals surface area contributed by atoms with Gasteiger partial charge in [0, 0.05) is 22.4 Å². The first-order valence-corrected chi connectivity index (χ1v) is 11.4. The topological polar surface area (TPSA) is 47.2 Å². The molecule has 30 heavy (non-hydrogen) atoms. The van der Waals surface area contributed by atoms with Crippen molar-refractivity contribution in [1.29, 1.82) is 0 Å². The van der Waals surface area contributed by atoms with Gasteiger partial charge in [0.05, 0.1) is 12.6 Å². The molecule has 0 unspecified atom stereocenters. The molecule has 6 heteroatoms. The molecule has 0 saturated carbocycles. The van der Waals surface area contributed by atoms with Crippen molar-refractivity contribution in [1.82, 2.24) is 5.01 Å². The van der Waals surface area contributed by atoms with Crippen LogP contribution in [0.2, 0.25) is 0 Å². The van der Waals surface area contributed by atoms with E-state index in [9.17, 15) is 0 Å². The zero-order valence-corrected chi connectivity index (χ0v) is 18.1. The van der Waals surface area contributed by atoms with Crippen LogP contribution in [-0.4, -0.2) is 23.6 Å². The number of hydrogen-bond donors (Lipinski definition) is 0. The van der Waals surface area contributed by atoms with Crippen LogP contribution in [0.25, 0.3) is 0 Å². The summed E-state index contributed by atoms with van der Waals surface area (Å²) in [6.45, 7) is 4.53. The Morgan fingerprint density at radius 3 is 2.67 bits per heavy atom. The fourth-order valence-corrected chi connectivity index (χ4v) is 4.49. The summed E-state index contributed by atoms with van der Waals surface area (Å²) in [5, 5.41) is 7.02. The van der Waals surface area contributed by atoms with Crippen molar-refractivity contribution in [2.45, 2.75) is 37.4 Å². The highest BCUT2D eigenvalue weighted by Gasteiger charge is 2.42. The normalized spacial score (nSPS) is 19.7. The maximum absolute atomic E-state index is 6.53. The molecule has 0 bridgehead atoms. The van der Waals surface area contributed by atoms with Crippen LogP contribution in [0.3, 0.4) is 0 Å². The number of hydrazone groups is 1. The van der Waals surface area contributed by atoms with Gasteiger partial charge in [0.2, 0.25) is 6.23 Å². The molecule has 2 aromatic carbocycles. The Bertz CT molecular complexity index is 1090. The van der Waals surface area contributed by atoms with Crippen LogP contribution in [0.4, 0.5) is 0 Å². The Kier molecular flexibility index (Phi) is 4.95. The minimum absolute atomic E-state index is 0.0692. The molecule has 0 saturated heterocycles. The zero-order chi connectivity index (χ0) is 20.7. The molecular weight excluding hydrogens is 396 g/mol. The standard InChI is InChI=1S/C24H24N2O3S/c1-4-27-22-7-5-6-18-20-14-19(21-13-8-15(2)28-21)25-26(20)24(29-23(18)22)16-9-11-17(30-3)12-10-16/h5-13,20,24H,4,14H2,1-3H3/t20-,24-/m1/s1. The maximum atomic E-state index is 6.53. The summed E-state index contributed by atoms with van der Waals surface area (Å²) in [4.78, 5) is 1.22. The van der Waals surface area contributed by atoms with Crippen LogP contribution < -0.4 is 9.47 Å².